The summed E-state index contributed by atoms with van der Waals surface area (Å²) in [5, 5.41) is 4.31. The lowest BCUT2D eigenvalue weighted by atomic mass is 9.55. The van der Waals surface area contributed by atoms with E-state index in [0.29, 0.717) is 10.0 Å². The number of likely N-dealkylation sites (tertiary alicyclic amines) is 1. The van der Waals surface area contributed by atoms with Gasteiger partial charge in [0.25, 0.3) is 0 Å². The van der Waals surface area contributed by atoms with E-state index in [2.05, 4.69) is 28.4 Å². The number of benzene rings is 2. The summed E-state index contributed by atoms with van der Waals surface area (Å²) in [4.78, 5) is 15.7. The van der Waals surface area contributed by atoms with Crippen LogP contribution in [0.15, 0.2) is 42.5 Å². The number of halogens is 2. The van der Waals surface area contributed by atoms with Gasteiger partial charge in [0.05, 0.1) is 29.2 Å². The minimum Gasteiger partial charge on any atom is -0.497 e. The Morgan fingerprint density at radius 1 is 1.08 bits per heavy atom. The highest BCUT2D eigenvalue weighted by Gasteiger charge is 2.59. The highest BCUT2D eigenvalue weighted by atomic mass is 35.5. The van der Waals surface area contributed by atoms with E-state index in [1.54, 1.807) is 19.2 Å². The monoisotopic (exact) mass is 530 g/mol. The second kappa shape index (κ2) is 10.5. The Balaban J connectivity index is 1.39. The minimum absolute atomic E-state index is 0.00951. The normalized spacial score (nSPS) is 28.4. The second-order valence-electron chi connectivity index (χ2n) is 10.9. The van der Waals surface area contributed by atoms with Gasteiger partial charge in [-0.3, -0.25) is 4.79 Å². The van der Waals surface area contributed by atoms with E-state index in [0.717, 1.165) is 56.0 Å². The summed E-state index contributed by atoms with van der Waals surface area (Å²) in [5.41, 5.74) is 1.62. The number of fused-ring (bicyclic) bond motifs is 1. The van der Waals surface area contributed by atoms with E-state index in [4.69, 9.17) is 32.7 Å². The molecule has 1 aliphatic heterocycles. The predicted molar refractivity (Wildman–Crippen MR) is 144 cm³/mol. The van der Waals surface area contributed by atoms with Crippen LogP contribution in [0.2, 0.25) is 10.0 Å². The van der Waals surface area contributed by atoms with E-state index in [9.17, 15) is 4.79 Å². The maximum absolute atomic E-state index is 13.1. The molecule has 0 radical (unpaired) electrons. The van der Waals surface area contributed by atoms with Crippen LogP contribution in [-0.4, -0.2) is 56.3 Å². The largest absolute Gasteiger partial charge is 0.497 e. The fraction of sp³-hybridized carbons (Fsp3) is 0.552. The first-order chi connectivity index (χ1) is 17.4. The van der Waals surface area contributed by atoms with E-state index in [-0.39, 0.29) is 29.4 Å². The number of rotatable bonds is 8. The molecule has 1 heterocycles. The molecule has 1 N–H and O–H groups in total. The van der Waals surface area contributed by atoms with Crippen LogP contribution < -0.4 is 10.1 Å². The number of carbonyl (C=O) groups is 1. The third-order valence-electron chi connectivity index (χ3n) is 8.64. The van der Waals surface area contributed by atoms with Crippen LogP contribution in [0.4, 0.5) is 0 Å². The zero-order valence-corrected chi connectivity index (χ0v) is 22.7. The maximum atomic E-state index is 13.1. The molecule has 3 aliphatic rings. The zero-order chi connectivity index (χ0) is 25.3. The Kier molecular flexibility index (Phi) is 7.56. The van der Waals surface area contributed by atoms with Gasteiger partial charge in [0.15, 0.2) is 0 Å². The average molecular weight is 532 g/mol. The van der Waals surface area contributed by atoms with Crippen molar-refractivity contribution in [1.29, 1.82) is 0 Å². The molecule has 2 aliphatic carbocycles. The summed E-state index contributed by atoms with van der Waals surface area (Å²) < 4.78 is 12.1. The fourth-order valence-corrected chi connectivity index (χ4v) is 6.89. The molecular weight excluding hydrogens is 495 g/mol. The van der Waals surface area contributed by atoms with Crippen molar-refractivity contribution in [3.8, 4) is 5.75 Å². The fourth-order valence-electron chi connectivity index (χ4n) is 6.57. The number of nitrogens with zero attached hydrogens (tertiary/aromatic N) is 1. The van der Waals surface area contributed by atoms with Crippen LogP contribution in [0, 0.1) is 5.92 Å². The Bertz CT molecular complexity index is 1110. The summed E-state index contributed by atoms with van der Waals surface area (Å²) in [6, 6.07) is 13.9. The van der Waals surface area contributed by atoms with Crippen molar-refractivity contribution < 1.29 is 14.3 Å². The molecule has 1 saturated heterocycles. The Labute approximate surface area is 224 Å². The van der Waals surface area contributed by atoms with Gasteiger partial charge in [-0.1, -0.05) is 41.4 Å². The molecule has 0 bridgehead atoms. The van der Waals surface area contributed by atoms with Crippen molar-refractivity contribution in [2.24, 2.45) is 5.92 Å². The lowest BCUT2D eigenvalue weighted by Crippen LogP contribution is -2.68. The summed E-state index contributed by atoms with van der Waals surface area (Å²) in [6.07, 6.45) is 6.63. The quantitative estimate of drug-likeness (QED) is 0.478. The van der Waals surface area contributed by atoms with E-state index in [1.165, 1.54) is 24.9 Å². The third kappa shape index (κ3) is 5.13. The molecule has 0 aromatic heterocycles. The smallest absolute Gasteiger partial charge is 0.224 e. The third-order valence-corrected chi connectivity index (χ3v) is 9.38. The van der Waals surface area contributed by atoms with Crippen LogP contribution >= 0.6 is 23.2 Å². The highest BCUT2D eigenvalue weighted by molar-refractivity contribution is 6.42. The molecule has 2 saturated carbocycles. The van der Waals surface area contributed by atoms with Gasteiger partial charge in [-0.05, 0) is 86.4 Å². The van der Waals surface area contributed by atoms with E-state index < -0.39 is 0 Å². The van der Waals surface area contributed by atoms with Crippen molar-refractivity contribution in [1.82, 2.24) is 10.2 Å². The first kappa shape index (κ1) is 25.8. The number of carbonyl (C=O) groups excluding carboxylic acids is 1. The zero-order valence-electron chi connectivity index (χ0n) is 21.2. The van der Waals surface area contributed by atoms with Crippen LogP contribution in [0.1, 0.15) is 49.7 Å². The summed E-state index contributed by atoms with van der Waals surface area (Å²) >= 11 is 12.2. The summed E-state index contributed by atoms with van der Waals surface area (Å²) in [6.45, 7) is 3.15. The van der Waals surface area contributed by atoms with Crippen LogP contribution in [0.3, 0.4) is 0 Å². The summed E-state index contributed by atoms with van der Waals surface area (Å²) in [5.74, 6) is 1.72. The first-order valence-corrected chi connectivity index (χ1v) is 13.8. The van der Waals surface area contributed by atoms with Crippen LogP contribution in [0.25, 0.3) is 0 Å². The molecule has 1 amide bonds. The van der Waals surface area contributed by atoms with E-state index >= 15 is 0 Å². The van der Waals surface area contributed by atoms with Crippen LogP contribution in [0.5, 0.6) is 5.75 Å². The predicted octanol–water partition coefficient (Wildman–Crippen LogP) is 5.65. The van der Waals surface area contributed by atoms with Crippen molar-refractivity contribution >= 4 is 29.1 Å². The number of amides is 1. The molecular formula is C29H36Cl2N2O3. The molecule has 2 aromatic carbocycles. The molecule has 5 nitrogen and oxygen atoms in total. The van der Waals surface area contributed by atoms with Crippen molar-refractivity contribution in [3.05, 3.63) is 63.6 Å². The maximum Gasteiger partial charge on any atom is 0.224 e. The number of hydrogen-bond donors (Lipinski definition) is 1. The highest BCUT2D eigenvalue weighted by Crippen LogP contribution is 2.54. The molecule has 3 fully saturated rings. The summed E-state index contributed by atoms with van der Waals surface area (Å²) in [7, 11) is 3.59. The Morgan fingerprint density at radius 3 is 2.64 bits per heavy atom. The average Bonchev–Trinajstić information content (AvgIpc) is 3.70. The van der Waals surface area contributed by atoms with Gasteiger partial charge in [0.2, 0.25) is 5.91 Å². The molecule has 7 heteroatoms. The number of nitrogens with one attached hydrogen (secondary N) is 1. The molecule has 2 unspecified atom stereocenters. The Hall–Kier alpha value is -1.79. The standard InChI is InChI=1S/C29H36Cl2N2O3/c1-35-24-5-3-4-22(16-24)28-12-13-33(18-20-6-7-20)19-29(28,36-2)11-10-23(17-28)32-27(34)15-21-8-9-25(30)26(31)14-21/h3-5,8-9,14,16,20,23H,6-7,10-13,15,17-19H2,1-2H3,(H,32,34)/t23-,28?,29?/m0/s1. The lowest BCUT2D eigenvalue weighted by molar-refractivity contribution is -0.151. The van der Waals surface area contributed by atoms with Crippen LogP contribution in [-0.2, 0) is 21.4 Å². The van der Waals surface area contributed by atoms with Gasteiger partial charge in [-0.25, -0.2) is 0 Å². The lowest BCUT2D eigenvalue weighted by Gasteiger charge is -2.60. The van der Waals surface area contributed by atoms with Gasteiger partial charge in [-0.15, -0.1) is 0 Å². The molecule has 5 rings (SSSR count). The molecule has 0 spiro atoms. The first-order valence-electron chi connectivity index (χ1n) is 13.0. The number of ether oxygens (including phenoxy) is 2. The molecule has 2 aromatic rings. The van der Waals surface area contributed by atoms with Gasteiger partial charge in [0.1, 0.15) is 5.75 Å². The van der Waals surface area contributed by atoms with Gasteiger partial charge < -0.3 is 19.7 Å². The number of methoxy groups -OCH3 is 2. The van der Waals surface area contributed by atoms with E-state index in [1.807, 2.05) is 19.2 Å². The number of piperidine rings is 1. The van der Waals surface area contributed by atoms with Gasteiger partial charge in [0, 0.05) is 31.7 Å². The molecule has 36 heavy (non-hydrogen) atoms. The van der Waals surface area contributed by atoms with Gasteiger partial charge >= 0.3 is 0 Å². The second-order valence-corrected chi connectivity index (χ2v) is 11.7. The van der Waals surface area contributed by atoms with Crippen molar-refractivity contribution in [2.75, 3.05) is 33.9 Å². The van der Waals surface area contributed by atoms with Crippen molar-refractivity contribution in [2.45, 2.75) is 62.0 Å². The molecule has 3 atom stereocenters. The topological polar surface area (TPSA) is 50.8 Å². The number of hydrogen-bond acceptors (Lipinski definition) is 4. The Morgan fingerprint density at radius 2 is 1.92 bits per heavy atom. The SMILES string of the molecule is COc1cccc(C23CCN(CC4CC4)CC2(OC)CC[C@H](NC(=O)Cc2ccc(Cl)c(Cl)c2)C3)c1. The van der Waals surface area contributed by atoms with Gasteiger partial charge in [-0.2, -0.15) is 0 Å². The minimum atomic E-state index is -0.294. The molecule has 194 valence electrons. The van der Waals surface area contributed by atoms with Crippen molar-refractivity contribution in [3.63, 3.8) is 0 Å².